The Hall–Kier alpha value is -2.68. The largest absolute Gasteiger partial charge is 0.318 e. The SMILES string of the molecule is CCc1ccccc1-n1c(C)cc(C=Nc2ccccc2F)c1C. The number of para-hydroxylation sites is 2. The van der Waals surface area contributed by atoms with E-state index in [-0.39, 0.29) is 5.82 Å². The maximum Gasteiger partial charge on any atom is 0.148 e. The Morgan fingerprint density at radius 2 is 1.75 bits per heavy atom. The third-order valence-corrected chi connectivity index (χ3v) is 4.28. The van der Waals surface area contributed by atoms with Crippen molar-refractivity contribution in [2.45, 2.75) is 27.2 Å². The number of aromatic nitrogens is 1. The predicted molar refractivity (Wildman–Crippen MR) is 98.3 cm³/mol. The highest BCUT2D eigenvalue weighted by Crippen LogP contribution is 2.24. The summed E-state index contributed by atoms with van der Waals surface area (Å²) in [6.07, 6.45) is 2.72. The molecule has 0 aliphatic rings. The van der Waals surface area contributed by atoms with Crippen molar-refractivity contribution in [3.63, 3.8) is 0 Å². The van der Waals surface area contributed by atoms with Gasteiger partial charge in [-0.2, -0.15) is 0 Å². The van der Waals surface area contributed by atoms with Gasteiger partial charge in [0.15, 0.2) is 0 Å². The van der Waals surface area contributed by atoms with Crippen molar-refractivity contribution in [1.29, 1.82) is 0 Å². The van der Waals surface area contributed by atoms with Gasteiger partial charge in [0.25, 0.3) is 0 Å². The molecule has 2 nitrogen and oxygen atoms in total. The van der Waals surface area contributed by atoms with Crippen LogP contribution in [0, 0.1) is 19.7 Å². The molecule has 0 aliphatic heterocycles. The van der Waals surface area contributed by atoms with Crippen molar-refractivity contribution < 1.29 is 4.39 Å². The Kier molecular flexibility index (Phi) is 4.61. The summed E-state index contributed by atoms with van der Waals surface area (Å²) in [7, 11) is 0. The van der Waals surface area contributed by atoms with E-state index in [1.165, 1.54) is 17.3 Å². The summed E-state index contributed by atoms with van der Waals surface area (Å²) >= 11 is 0. The molecule has 0 saturated heterocycles. The minimum absolute atomic E-state index is 0.307. The van der Waals surface area contributed by atoms with E-state index in [0.717, 1.165) is 23.4 Å². The number of nitrogens with zero attached hydrogens (tertiary/aromatic N) is 2. The zero-order valence-corrected chi connectivity index (χ0v) is 14.3. The normalized spacial score (nSPS) is 11.3. The molecule has 0 saturated carbocycles. The molecular formula is C21H21FN2. The van der Waals surface area contributed by atoms with Crippen LogP contribution in [0.4, 0.5) is 10.1 Å². The van der Waals surface area contributed by atoms with Crippen LogP contribution < -0.4 is 0 Å². The fourth-order valence-electron chi connectivity index (χ4n) is 3.01. The second-order valence-electron chi connectivity index (χ2n) is 5.85. The molecule has 0 amide bonds. The first-order chi connectivity index (χ1) is 11.6. The average Bonchev–Trinajstić information content (AvgIpc) is 2.88. The minimum Gasteiger partial charge on any atom is -0.318 e. The highest BCUT2D eigenvalue weighted by Gasteiger charge is 2.11. The fourth-order valence-corrected chi connectivity index (χ4v) is 3.01. The molecule has 0 fully saturated rings. The standard InChI is InChI=1S/C21H21FN2/c1-4-17-9-5-8-12-21(17)24-15(2)13-18(16(24)3)14-23-20-11-7-6-10-19(20)22/h5-14H,4H2,1-3H3. The second kappa shape index (κ2) is 6.83. The van der Waals surface area contributed by atoms with E-state index in [1.807, 2.05) is 0 Å². The summed E-state index contributed by atoms with van der Waals surface area (Å²) in [6, 6.07) is 17.1. The predicted octanol–water partition coefficient (Wildman–Crippen LogP) is 5.55. The molecule has 1 heterocycles. The lowest BCUT2D eigenvalue weighted by Gasteiger charge is -2.13. The summed E-state index contributed by atoms with van der Waals surface area (Å²) in [5.41, 5.74) is 6.10. The van der Waals surface area contributed by atoms with Crippen LogP contribution in [0.1, 0.15) is 29.4 Å². The highest BCUT2D eigenvalue weighted by molar-refractivity contribution is 5.84. The summed E-state index contributed by atoms with van der Waals surface area (Å²) < 4.78 is 16.0. The Bertz CT molecular complexity index is 891. The molecule has 0 atom stereocenters. The molecule has 3 rings (SSSR count). The first-order valence-electron chi connectivity index (χ1n) is 8.17. The van der Waals surface area contributed by atoms with Gasteiger partial charge >= 0.3 is 0 Å². The van der Waals surface area contributed by atoms with Crippen molar-refractivity contribution in [2.75, 3.05) is 0 Å². The van der Waals surface area contributed by atoms with E-state index >= 15 is 0 Å². The van der Waals surface area contributed by atoms with E-state index in [1.54, 1.807) is 24.4 Å². The third kappa shape index (κ3) is 3.02. The number of hydrogen-bond acceptors (Lipinski definition) is 1. The molecule has 24 heavy (non-hydrogen) atoms. The maximum atomic E-state index is 13.7. The minimum atomic E-state index is -0.307. The molecule has 3 aromatic rings. The lowest BCUT2D eigenvalue weighted by atomic mass is 10.1. The van der Waals surface area contributed by atoms with Gasteiger partial charge in [-0.15, -0.1) is 0 Å². The Balaban J connectivity index is 2.03. The monoisotopic (exact) mass is 320 g/mol. The van der Waals surface area contributed by atoms with Gasteiger partial charge in [0.05, 0.1) is 5.69 Å². The Morgan fingerprint density at radius 3 is 2.50 bits per heavy atom. The van der Waals surface area contributed by atoms with Gasteiger partial charge in [-0.3, -0.25) is 4.99 Å². The Morgan fingerprint density at radius 1 is 1.04 bits per heavy atom. The molecule has 1 aromatic heterocycles. The van der Waals surface area contributed by atoms with Crippen LogP contribution >= 0.6 is 0 Å². The van der Waals surface area contributed by atoms with Gasteiger partial charge in [-0.25, -0.2) is 4.39 Å². The van der Waals surface area contributed by atoms with Crippen molar-refractivity contribution in [2.24, 2.45) is 4.99 Å². The molecule has 0 spiro atoms. The zero-order valence-electron chi connectivity index (χ0n) is 14.3. The number of hydrogen-bond donors (Lipinski definition) is 0. The van der Waals surface area contributed by atoms with E-state index in [0.29, 0.717) is 5.69 Å². The van der Waals surface area contributed by atoms with Gasteiger partial charge in [-0.05, 0) is 50.1 Å². The molecule has 0 N–H and O–H groups in total. The van der Waals surface area contributed by atoms with E-state index in [9.17, 15) is 4.39 Å². The first kappa shape index (κ1) is 16.2. The summed E-state index contributed by atoms with van der Waals surface area (Å²) in [5.74, 6) is -0.307. The van der Waals surface area contributed by atoms with Crippen molar-refractivity contribution in [3.8, 4) is 5.69 Å². The van der Waals surface area contributed by atoms with Crippen LogP contribution in [0.5, 0.6) is 0 Å². The van der Waals surface area contributed by atoms with Crippen LogP contribution in [0.3, 0.4) is 0 Å². The van der Waals surface area contributed by atoms with Gasteiger partial charge in [0.1, 0.15) is 5.82 Å². The fraction of sp³-hybridized carbons (Fsp3) is 0.190. The average molecular weight is 320 g/mol. The van der Waals surface area contributed by atoms with Gasteiger partial charge in [0, 0.05) is 28.9 Å². The van der Waals surface area contributed by atoms with Crippen LogP contribution in [-0.4, -0.2) is 10.8 Å². The van der Waals surface area contributed by atoms with Crippen molar-refractivity contribution in [3.05, 3.63) is 82.9 Å². The molecule has 0 radical (unpaired) electrons. The lowest BCUT2D eigenvalue weighted by Crippen LogP contribution is -2.03. The lowest BCUT2D eigenvalue weighted by molar-refractivity contribution is 0.630. The summed E-state index contributed by atoms with van der Waals surface area (Å²) in [6.45, 7) is 6.32. The van der Waals surface area contributed by atoms with Crippen molar-refractivity contribution in [1.82, 2.24) is 4.57 Å². The molecule has 0 unspecified atom stereocenters. The first-order valence-corrected chi connectivity index (χ1v) is 8.17. The molecule has 0 bridgehead atoms. The second-order valence-corrected chi connectivity index (χ2v) is 5.85. The van der Waals surface area contributed by atoms with Crippen LogP contribution in [-0.2, 0) is 6.42 Å². The van der Waals surface area contributed by atoms with Crippen LogP contribution in [0.15, 0.2) is 59.6 Å². The zero-order chi connectivity index (χ0) is 17.1. The topological polar surface area (TPSA) is 17.3 Å². The smallest absolute Gasteiger partial charge is 0.148 e. The third-order valence-electron chi connectivity index (χ3n) is 4.28. The quantitative estimate of drug-likeness (QED) is 0.561. The number of benzene rings is 2. The van der Waals surface area contributed by atoms with E-state index < -0.39 is 0 Å². The highest BCUT2D eigenvalue weighted by atomic mass is 19.1. The maximum absolute atomic E-state index is 13.7. The van der Waals surface area contributed by atoms with Crippen LogP contribution in [0.2, 0.25) is 0 Å². The molecule has 2 aromatic carbocycles. The van der Waals surface area contributed by atoms with Crippen LogP contribution in [0.25, 0.3) is 5.69 Å². The molecular weight excluding hydrogens is 299 g/mol. The number of aryl methyl sites for hydroxylation is 2. The van der Waals surface area contributed by atoms with E-state index in [2.05, 4.69) is 60.7 Å². The Labute approximate surface area is 142 Å². The number of halogens is 1. The van der Waals surface area contributed by atoms with E-state index in [4.69, 9.17) is 0 Å². The number of rotatable bonds is 4. The van der Waals surface area contributed by atoms with Gasteiger partial charge in [-0.1, -0.05) is 37.3 Å². The molecule has 0 aliphatic carbocycles. The summed E-state index contributed by atoms with van der Waals surface area (Å²) in [5, 5.41) is 0. The van der Waals surface area contributed by atoms with Gasteiger partial charge in [0.2, 0.25) is 0 Å². The van der Waals surface area contributed by atoms with Crippen molar-refractivity contribution >= 4 is 11.9 Å². The molecule has 122 valence electrons. The number of aliphatic imine (C=N–C) groups is 1. The van der Waals surface area contributed by atoms with Gasteiger partial charge < -0.3 is 4.57 Å². The summed E-state index contributed by atoms with van der Waals surface area (Å²) in [4.78, 5) is 4.31. The molecule has 3 heteroatoms.